The van der Waals surface area contributed by atoms with Gasteiger partial charge in [0.15, 0.2) is 0 Å². The van der Waals surface area contributed by atoms with Gasteiger partial charge in [-0.3, -0.25) is 9.78 Å². The third-order valence-electron chi connectivity index (χ3n) is 5.09. The summed E-state index contributed by atoms with van der Waals surface area (Å²) in [6.45, 7) is 3.77. The molecule has 1 saturated heterocycles. The van der Waals surface area contributed by atoms with Crippen molar-refractivity contribution in [1.29, 1.82) is 0 Å². The van der Waals surface area contributed by atoms with E-state index >= 15 is 0 Å². The molecule has 0 atom stereocenters. The van der Waals surface area contributed by atoms with Gasteiger partial charge < -0.3 is 14.7 Å². The largest absolute Gasteiger partial charge is 0.416 e. The van der Waals surface area contributed by atoms with Crippen molar-refractivity contribution in [3.05, 3.63) is 52.3 Å². The molecule has 1 fully saturated rings. The van der Waals surface area contributed by atoms with Crippen LogP contribution in [0.5, 0.6) is 0 Å². The lowest BCUT2D eigenvalue weighted by atomic mass is 9.94. The number of pyridine rings is 1. The Morgan fingerprint density at radius 3 is 2.76 bits per heavy atom. The average Bonchev–Trinajstić information content (AvgIpc) is 3.35. The summed E-state index contributed by atoms with van der Waals surface area (Å²) in [4.78, 5) is 19.4. The minimum atomic E-state index is -0.160. The SMILES string of the molecule is Cc1cc(-c2nnc(-c3cnn4c(C5CCNCC5)cc(=O)[nH]c34)o2)ccn1.Cl. The molecule has 0 radical (unpaired) electrons. The maximum Gasteiger partial charge on any atom is 0.253 e. The Balaban J connectivity index is 0.00000205. The van der Waals surface area contributed by atoms with Crippen molar-refractivity contribution in [2.75, 3.05) is 13.1 Å². The van der Waals surface area contributed by atoms with E-state index in [0.717, 1.165) is 42.9 Å². The Morgan fingerprint density at radius 1 is 1.17 bits per heavy atom. The van der Waals surface area contributed by atoms with Crippen LogP contribution in [-0.2, 0) is 0 Å². The summed E-state index contributed by atoms with van der Waals surface area (Å²) in [6.07, 6.45) is 5.30. The number of nitrogens with zero attached hydrogens (tertiary/aromatic N) is 5. The van der Waals surface area contributed by atoms with Gasteiger partial charge in [-0.15, -0.1) is 22.6 Å². The Hall–Kier alpha value is -3.04. The second-order valence-electron chi connectivity index (χ2n) is 7.00. The number of halogens is 1. The summed E-state index contributed by atoms with van der Waals surface area (Å²) in [6, 6.07) is 5.33. The molecule has 10 heteroatoms. The number of H-pyrrole nitrogens is 1. The van der Waals surface area contributed by atoms with E-state index in [4.69, 9.17) is 4.42 Å². The fourth-order valence-electron chi connectivity index (χ4n) is 3.71. The number of aromatic amines is 1. The van der Waals surface area contributed by atoms with E-state index in [2.05, 4.69) is 30.6 Å². The monoisotopic (exact) mass is 413 g/mol. The highest BCUT2D eigenvalue weighted by molar-refractivity contribution is 5.85. The number of piperidine rings is 1. The molecule has 5 heterocycles. The van der Waals surface area contributed by atoms with Gasteiger partial charge in [-0.2, -0.15) is 5.10 Å². The third kappa shape index (κ3) is 3.54. The van der Waals surface area contributed by atoms with Crippen LogP contribution in [-0.4, -0.2) is 42.9 Å². The van der Waals surface area contributed by atoms with Crippen molar-refractivity contribution in [3.8, 4) is 22.9 Å². The molecular formula is C19H20ClN7O2. The summed E-state index contributed by atoms with van der Waals surface area (Å²) in [5.74, 6) is 1.01. The van der Waals surface area contributed by atoms with Crippen LogP contribution in [0.2, 0.25) is 0 Å². The molecule has 4 aromatic heterocycles. The molecule has 9 nitrogen and oxygen atoms in total. The molecule has 29 heavy (non-hydrogen) atoms. The van der Waals surface area contributed by atoms with E-state index in [1.54, 1.807) is 23.0 Å². The first-order valence-electron chi connectivity index (χ1n) is 9.27. The number of aryl methyl sites for hydroxylation is 1. The maximum atomic E-state index is 12.3. The molecule has 2 N–H and O–H groups in total. The first-order chi connectivity index (χ1) is 13.7. The van der Waals surface area contributed by atoms with Gasteiger partial charge in [-0.05, 0) is 45.0 Å². The first-order valence-corrected chi connectivity index (χ1v) is 9.27. The molecule has 0 aliphatic carbocycles. The molecule has 0 bridgehead atoms. The molecule has 1 aliphatic rings. The van der Waals surface area contributed by atoms with E-state index in [1.165, 1.54) is 0 Å². The van der Waals surface area contributed by atoms with Gasteiger partial charge in [0.2, 0.25) is 5.89 Å². The van der Waals surface area contributed by atoms with Crippen LogP contribution in [0, 0.1) is 6.92 Å². The van der Waals surface area contributed by atoms with Crippen molar-refractivity contribution in [2.24, 2.45) is 0 Å². The zero-order valence-electron chi connectivity index (χ0n) is 15.8. The van der Waals surface area contributed by atoms with E-state index in [1.807, 2.05) is 19.1 Å². The van der Waals surface area contributed by atoms with Crippen molar-refractivity contribution < 1.29 is 4.42 Å². The lowest BCUT2D eigenvalue weighted by Gasteiger charge is -2.23. The molecule has 0 unspecified atom stereocenters. The number of aromatic nitrogens is 6. The number of rotatable bonds is 3. The highest BCUT2D eigenvalue weighted by Gasteiger charge is 2.22. The summed E-state index contributed by atoms with van der Waals surface area (Å²) < 4.78 is 7.65. The van der Waals surface area contributed by atoms with Crippen LogP contribution in [0.25, 0.3) is 28.6 Å². The highest BCUT2D eigenvalue weighted by Crippen LogP contribution is 2.29. The predicted molar refractivity (Wildman–Crippen MR) is 109 cm³/mol. The standard InChI is InChI=1S/C19H19N7O2.ClH/c1-11-8-13(4-7-21-11)18-24-25-19(28-18)14-10-22-26-15(9-16(27)23-17(14)26)12-2-5-20-6-3-12;/h4,7-10,12,20H,2-3,5-6H2,1H3,(H,23,27);1H. The van der Waals surface area contributed by atoms with Crippen molar-refractivity contribution in [3.63, 3.8) is 0 Å². The first kappa shape index (κ1) is 19.3. The van der Waals surface area contributed by atoms with Gasteiger partial charge in [0.1, 0.15) is 11.2 Å². The van der Waals surface area contributed by atoms with E-state index in [0.29, 0.717) is 23.0 Å². The lowest BCUT2D eigenvalue weighted by Crippen LogP contribution is -2.28. The van der Waals surface area contributed by atoms with Crippen LogP contribution in [0.3, 0.4) is 0 Å². The van der Waals surface area contributed by atoms with Gasteiger partial charge in [0.05, 0.1) is 11.9 Å². The molecule has 0 aromatic carbocycles. The van der Waals surface area contributed by atoms with Crippen LogP contribution in [0.1, 0.15) is 30.1 Å². The zero-order valence-corrected chi connectivity index (χ0v) is 16.6. The van der Waals surface area contributed by atoms with Crippen LogP contribution in [0.4, 0.5) is 0 Å². The molecule has 5 rings (SSSR count). The van der Waals surface area contributed by atoms with Crippen LogP contribution < -0.4 is 10.9 Å². The Morgan fingerprint density at radius 2 is 1.97 bits per heavy atom. The Kier molecular flexibility index (Phi) is 5.16. The minimum Gasteiger partial charge on any atom is -0.416 e. The quantitative estimate of drug-likeness (QED) is 0.529. The van der Waals surface area contributed by atoms with Gasteiger partial charge >= 0.3 is 0 Å². The van der Waals surface area contributed by atoms with Crippen LogP contribution >= 0.6 is 12.4 Å². The van der Waals surface area contributed by atoms with Crippen molar-refractivity contribution >= 4 is 18.1 Å². The Labute approximate surface area is 172 Å². The Bertz CT molecular complexity index is 1210. The van der Waals surface area contributed by atoms with Gasteiger partial charge in [-0.25, -0.2) is 4.52 Å². The molecule has 0 spiro atoms. The average molecular weight is 414 g/mol. The molecule has 0 saturated carbocycles. The summed E-state index contributed by atoms with van der Waals surface area (Å²) >= 11 is 0. The van der Waals surface area contributed by atoms with Crippen molar-refractivity contribution in [2.45, 2.75) is 25.7 Å². The third-order valence-corrected chi connectivity index (χ3v) is 5.09. The number of hydrogen-bond donors (Lipinski definition) is 2. The number of fused-ring (bicyclic) bond motifs is 1. The topological polar surface area (TPSA) is 114 Å². The molecule has 1 aliphatic heterocycles. The molecule has 4 aromatic rings. The number of hydrogen-bond acceptors (Lipinski definition) is 7. The normalized spacial score (nSPS) is 14.8. The van der Waals surface area contributed by atoms with E-state index < -0.39 is 0 Å². The van der Waals surface area contributed by atoms with Gasteiger partial charge in [0, 0.05) is 29.4 Å². The second kappa shape index (κ2) is 7.76. The van der Waals surface area contributed by atoms with Gasteiger partial charge in [0.25, 0.3) is 11.4 Å². The molecule has 0 amide bonds. The summed E-state index contributed by atoms with van der Waals surface area (Å²) in [5, 5.41) is 16.2. The number of nitrogens with one attached hydrogen (secondary N) is 2. The van der Waals surface area contributed by atoms with E-state index in [9.17, 15) is 4.79 Å². The van der Waals surface area contributed by atoms with E-state index in [-0.39, 0.29) is 23.9 Å². The van der Waals surface area contributed by atoms with Crippen molar-refractivity contribution in [1.82, 2.24) is 35.1 Å². The summed E-state index contributed by atoms with van der Waals surface area (Å²) in [5.41, 5.74) is 3.60. The van der Waals surface area contributed by atoms with Crippen LogP contribution in [0.15, 0.2) is 39.8 Å². The summed E-state index contributed by atoms with van der Waals surface area (Å²) in [7, 11) is 0. The fraction of sp³-hybridized carbons (Fsp3) is 0.316. The highest BCUT2D eigenvalue weighted by atomic mass is 35.5. The predicted octanol–water partition coefficient (Wildman–Crippen LogP) is 2.33. The maximum absolute atomic E-state index is 12.3. The minimum absolute atomic E-state index is 0. The smallest absolute Gasteiger partial charge is 0.253 e. The lowest BCUT2D eigenvalue weighted by molar-refractivity contribution is 0.446. The zero-order chi connectivity index (χ0) is 19.1. The molecular weight excluding hydrogens is 394 g/mol. The molecule has 150 valence electrons. The van der Waals surface area contributed by atoms with Gasteiger partial charge in [-0.1, -0.05) is 0 Å². The second-order valence-corrected chi connectivity index (χ2v) is 7.00. The fourth-order valence-corrected chi connectivity index (χ4v) is 3.71.